The molecular formula is C26H31ClN4O3S. The predicted molar refractivity (Wildman–Crippen MR) is 142 cm³/mol. The van der Waals surface area contributed by atoms with Gasteiger partial charge in [-0.25, -0.2) is 9.97 Å². The fourth-order valence-electron chi connectivity index (χ4n) is 3.33. The van der Waals surface area contributed by atoms with E-state index in [9.17, 15) is 4.79 Å². The Morgan fingerprint density at radius 2 is 1.74 bits per heavy atom. The number of hydrogen-bond acceptors (Lipinski definition) is 7. The van der Waals surface area contributed by atoms with Gasteiger partial charge in [-0.1, -0.05) is 48.5 Å². The number of amides is 1. The predicted octanol–water partition coefficient (Wildman–Crippen LogP) is 5.26. The summed E-state index contributed by atoms with van der Waals surface area (Å²) in [6.45, 7) is 3.45. The third-order valence-electron chi connectivity index (χ3n) is 5.36. The van der Waals surface area contributed by atoms with Crippen molar-refractivity contribution in [1.82, 2.24) is 15.3 Å². The highest BCUT2D eigenvalue weighted by Crippen LogP contribution is 2.28. The molecule has 1 N–H and O–H groups in total. The number of aromatic nitrogens is 2. The average molecular weight is 515 g/mol. The topological polar surface area (TPSA) is 76.6 Å². The zero-order chi connectivity index (χ0) is 25.2. The number of ether oxygens (including phenoxy) is 2. The summed E-state index contributed by atoms with van der Waals surface area (Å²) in [5, 5.41) is 3.89. The van der Waals surface area contributed by atoms with Crippen LogP contribution in [-0.4, -0.2) is 50.2 Å². The number of carbonyl (C=O) groups is 1. The second-order valence-corrected chi connectivity index (χ2v) is 9.26. The van der Waals surface area contributed by atoms with Crippen LogP contribution in [0.25, 0.3) is 0 Å². The molecule has 0 unspecified atom stereocenters. The van der Waals surface area contributed by atoms with Gasteiger partial charge in [-0.2, -0.15) is 0 Å². The van der Waals surface area contributed by atoms with Crippen molar-refractivity contribution >= 4 is 35.1 Å². The maximum atomic E-state index is 12.1. The monoisotopic (exact) mass is 514 g/mol. The van der Waals surface area contributed by atoms with E-state index in [1.807, 2.05) is 56.4 Å². The molecule has 186 valence electrons. The van der Waals surface area contributed by atoms with Gasteiger partial charge in [-0.15, -0.1) is 0 Å². The van der Waals surface area contributed by atoms with Gasteiger partial charge in [0.15, 0.2) is 16.7 Å². The van der Waals surface area contributed by atoms with Crippen molar-refractivity contribution in [3.05, 3.63) is 70.4 Å². The van der Waals surface area contributed by atoms with Gasteiger partial charge in [0.1, 0.15) is 11.0 Å². The lowest BCUT2D eigenvalue weighted by Crippen LogP contribution is -2.23. The first-order valence-electron chi connectivity index (χ1n) is 11.4. The number of anilines is 1. The molecule has 0 radical (unpaired) electrons. The highest BCUT2D eigenvalue weighted by molar-refractivity contribution is 7.98. The van der Waals surface area contributed by atoms with Crippen molar-refractivity contribution in [2.45, 2.75) is 30.7 Å². The molecule has 1 aromatic heterocycles. The Kier molecular flexibility index (Phi) is 10.0. The van der Waals surface area contributed by atoms with Gasteiger partial charge in [0.2, 0.25) is 0 Å². The summed E-state index contributed by atoms with van der Waals surface area (Å²) in [4.78, 5) is 23.2. The number of methoxy groups -OCH3 is 2. The molecule has 3 aromatic rings. The maximum Gasteiger partial charge on any atom is 0.251 e. The van der Waals surface area contributed by atoms with E-state index in [0.717, 1.165) is 36.3 Å². The quantitative estimate of drug-likeness (QED) is 0.201. The fraction of sp³-hybridized carbons (Fsp3) is 0.346. The highest BCUT2D eigenvalue weighted by Gasteiger charge is 2.11. The molecule has 0 atom stereocenters. The molecule has 7 nitrogen and oxygen atoms in total. The number of nitrogens with zero attached hydrogens (tertiary/aromatic N) is 3. The standard InChI is InChI=1S/C26H31ClN4O3S/c1-5-13-28-25(32)20-9-6-19(7-10-20)17-35-26-29-23(27)16-24(30-26)31(2)14-12-18-8-11-21(33-3)22(15-18)34-4/h6-11,15-16H,5,12-14,17H2,1-4H3,(H,28,32). The van der Waals surface area contributed by atoms with E-state index >= 15 is 0 Å². The molecule has 1 amide bonds. The molecule has 0 aliphatic heterocycles. The molecule has 0 saturated heterocycles. The molecule has 0 fully saturated rings. The molecular weight excluding hydrogens is 484 g/mol. The molecule has 1 heterocycles. The second kappa shape index (κ2) is 13.2. The Morgan fingerprint density at radius 1 is 1.03 bits per heavy atom. The van der Waals surface area contributed by atoms with Gasteiger partial charge in [0, 0.05) is 37.5 Å². The molecule has 2 aromatic carbocycles. The van der Waals surface area contributed by atoms with Crippen LogP contribution in [0, 0.1) is 0 Å². The Hall–Kier alpha value is -2.97. The highest BCUT2D eigenvalue weighted by atomic mass is 35.5. The first-order chi connectivity index (χ1) is 16.9. The van der Waals surface area contributed by atoms with Crippen LogP contribution in [0.15, 0.2) is 53.7 Å². The summed E-state index contributed by atoms with van der Waals surface area (Å²) in [5.74, 6) is 2.81. The van der Waals surface area contributed by atoms with E-state index in [1.54, 1.807) is 20.3 Å². The van der Waals surface area contributed by atoms with E-state index in [0.29, 0.717) is 39.7 Å². The Balaban J connectivity index is 1.59. The van der Waals surface area contributed by atoms with Crippen LogP contribution >= 0.6 is 23.4 Å². The Morgan fingerprint density at radius 3 is 2.43 bits per heavy atom. The summed E-state index contributed by atoms with van der Waals surface area (Å²) in [7, 11) is 5.24. The lowest BCUT2D eigenvalue weighted by molar-refractivity contribution is 0.0953. The molecule has 3 rings (SSSR count). The summed E-state index contributed by atoms with van der Waals surface area (Å²) >= 11 is 7.80. The zero-order valence-corrected chi connectivity index (χ0v) is 22.1. The first kappa shape index (κ1) is 26.6. The summed E-state index contributed by atoms with van der Waals surface area (Å²) in [5.41, 5.74) is 2.87. The van der Waals surface area contributed by atoms with Gasteiger partial charge in [-0.3, -0.25) is 4.79 Å². The molecule has 0 spiro atoms. The minimum Gasteiger partial charge on any atom is -0.493 e. The maximum absolute atomic E-state index is 12.1. The summed E-state index contributed by atoms with van der Waals surface area (Å²) in [6, 6.07) is 15.3. The van der Waals surface area contributed by atoms with Crippen molar-refractivity contribution in [2.75, 3.05) is 39.3 Å². The van der Waals surface area contributed by atoms with Crippen LogP contribution in [0.3, 0.4) is 0 Å². The number of thioether (sulfide) groups is 1. The molecule has 9 heteroatoms. The van der Waals surface area contributed by atoms with Crippen molar-refractivity contribution in [2.24, 2.45) is 0 Å². The molecule has 35 heavy (non-hydrogen) atoms. The van der Waals surface area contributed by atoms with E-state index in [1.165, 1.54) is 11.8 Å². The fourth-order valence-corrected chi connectivity index (χ4v) is 4.37. The van der Waals surface area contributed by atoms with Gasteiger partial charge in [-0.05, 0) is 48.2 Å². The number of benzene rings is 2. The van der Waals surface area contributed by atoms with E-state index in [4.69, 9.17) is 21.1 Å². The van der Waals surface area contributed by atoms with E-state index in [2.05, 4.69) is 20.2 Å². The molecule has 0 saturated carbocycles. The largest absolute Gasteiger partial charge is 0.493 e. The number of likely N-dealkylation sites (N-methyl/N-ethyl adjacent to an activating group) is 1. The minimum atomic E-state index is -0.0509. The van der Waals surface area contributed by atoms with Crippen molar-refractivity contribution in [1.29, 1.82) is 0 Å². The third kappa shape index (κ3) is 7.77. The lowest BCUT2D eigenvalue weighted by Gasteiger charge is -2.19. The third-order valence-corrected chi connectivity index (χ3v) is 6.47. The first-order valence-corrected chi connectivity index (χ1v) is 12.8. The normalized spacial score (nSPS) is 10.7. The number of rotatable bonds is 12. The van der Waals surface area contributed by atoms with Crippen molar-refractivity contribution < 1.29 is 14.3 Å². The Labute approximate surface area is 216 Å². The number of halogens is 1. The minimum absolute atomic E-state index is 0.0509. The van der Waals surface area contributed by atoms with Gasteiger partial charge in [0.05, 0.1) is 14.2 Å². The van der Waals surface area contributed by atoms with Crippen LogP contribution in [-0.2, 0) is 12.2 Å². The van der Waals surface area contributed by atoms with Crippen molar-refractivity contribution in [3.63, 3.8) is 0 Å². The van der Waals surface area contributed by atoms with E-state index < -0.39 is 0 Å². The SMILES string of the molecule is CCCNC(=O)c1ccc(CSc2nc(Cl)cc(N(C)CCc3ccc(OC)c(OC)c3)n2)cc1. The van der Waals surface area contributed by atoms with Gasteiger partial charge < -0.3 is 19.7 Å². The molecule has 0 bridgehead atoms. The van der Waals surface area contributed by atoms with Crippen LogP contribution in [0.4, 0.5) is 5.82 Å². The number of nitrogens with one attached hydrogen (secondary N) is 1. The average Bonchev–Trinajstić information content (AvgIpc) is 2.88. The zero-order valence-electron chi connectivity index (χ0n) is 20.5. The molecule has 0 aliphatic carbocycles. The summed E-state index contributed by atoms with van der Waals surface area (Å²) < 4.78 is 10.7. The number of hydrogen-bond donors (Lipinski definition) is 1. The van der Waals surface area contributed by atoms with Gasteiger partial charge in [0.25, 0.3) is 5.91 Å². The second-order valence-electron chi connectivity index (χ2n) is 7.93. The van der Waals surface area contributed by atoms with Crippen LogP contribution in [0.1, 0.15) is 34.8 Å². The lowest BCUT2D eigenvalue weighted by atomic mass is 10.1. The van der Waals surface area contributed by atoms with Crippen LogP contribution in [0.5, 0.6) is 11.5 Å². The van der Waals surface area contributed by atoms with Crippen LogP contribution < -0.4 is 19.7 Å². The smallest absolute Gasteiger partial charge is 0.251 e. The Bertz CT molecular complexity index is 1130. The number of carbonyl (C=O) groups excluding carboxylic acids is 1. The van der Waals surface area contributed by atoms with Gasteiger partial charge >= 0.3 is 0 Å². The van der Waals surface area contributed by atoms with Crippen molar-refractivity contribution in [3.8, 4) is 11.5 Å². The molecule has 0 aliphatic rings. The summed E-state index contributed by atoms with van der Waals surface area (Å²) in [6.07, 6.45) is 1.71. The van der Waals surface area contributed by atoms with E-state index in [-0.39, 0.29) is 5.91 Å². The van der Waals surface area contributed by atoms with Crippen LogP contribution in [0.2, 0.25) is 5.15 Å².